The molecule has 2 saturated heterocycles. The summed E-state index contributed by atoms with van der Waals surface area (Å²) in [7, 11) is 0. The molecule has 0 radical (unpaired) electrons. The lowest BCUT2D eigenvalue weighted by Gasteiger charge is -2.35. The summed E-state index contributed by atoms with van der Waals surface area (Å²) >= 11 is 0. The van der Waals surface area contributed by atoms with E-state index in [4.69, 9.17) is 4.74 Å². The molecule has 1 aromatic heterocycles. The minimum absolute atomic E-state index is 0.313. The number of hydrogen-bond acceptors (Lipinski definition) is 4. The average Bonchev–Trinajstić information content (AvgIpc) is 2.84. The van der Waals surface area contributed by atoms with Gasteiger partial charge in [0.05, 0.1) is 12.7 Å². The molecule has 0 saturated carbocycles. The first kappa shape index (κ1) is 11.9. The Morgan fingerprint density at radius 1 is 1.56 bits per heavy atom. The smallest absolute Gasteiger partial charge is 0.0874 e. The third-order valence-corrected chi connectivity index (χ3v) is 3.89. The van der Waals surface area contributed by atoms with E-state index in [-0.39, 0.29) is 0 Å². The van der Waals surface area contributed by atoms with Crippen LogP contribution in [0.4, 0.5) is 5.69 Å². The SMILES string of the molecule is Cc1cc(NCC2CN3CCCC3CO2)ccn1. The van der Waals surface area contributed by atoms with E-state index in [0.29, 0.717) is 12.1 Å². The van der Waals surface area contributed by atoms with Crippen molar-refractivity contribution < 1.29 is 4.74 Å². The number of pyridine rings is 1. The minimum Gasteiger partial charge on any atom is -0.382 e. The van der Waals surface area contributed by atoms with Crippen LogP contribution < -0.4 is 5.32 Å². The maximum absolute atomic E-state index is 5.92. The van der Waals surface area contributed by atoms with Crippen LogP contribution in [0.1, 0.15) is 18.5 Å². The van der Waals surface area contributed by atoms with Crippen molar-refractivity contribution in [1.82, 2.24) is 9.88 Å². The molecular weight excluding hydrogens is 226 g/mol. The second kappa shape index (κ2) is 5.24. The summed E-state index contributed by atoms with van der Waals surface area (Å²) in [4.78, 5) is 6.78. The molecule has 3 heterocycles. The van der Waals surface area contributed by atoms with Crippen LogP contribution in [0.5, 0.6) is 0 Å². The second-order valence-corrected chi connectivity index (χ2v) is 5.31. The van der Waals surface area contributed by atoms with Crippen LogP contribution >= 0.6 is 0 Å². The number of ether oxygens (including phenoxy) is 1. The monoisotopic (exact) mass is 247 g/mol. The summed E-state index contributed by atoms with van der Waals surface area (Å²) in [6.07, 6.45) is 4.80. The number of nitrogens with zero attached hydrogens (tertiary/aromatic N) is 2. The lowest BCUT2D eigenvalue weighted by atomic mass is 10.2. The van der Waals surface area contributed by atoms with Crippen molar-refractivity contribution in [3.63, 3.8) is 0 Å². The summed E-state index contributed by atoms with van der Waals surface area (Å²) in [5.41, 5.74) is 2.18. The zero-order chi connectivity index (χ0) is 12.4. The van der Waals surface area contributed by atoms with Crippen LogP contribution in [0.2, 0.25) is 0 Å². The fraction of sp³-hybridized carbons (Fsp3) is 0.643. The largest absolute Gasteiger partial charge is 0.382 e. The zero-order valence-corrected chi connectivity index (χ0v) is 10.9. The Morgan fingerprint density at radius 3 is 3.39 bits per heavy atom. The van der Waals surface area contributed by atoms with Gasteiger partial charge in [0.1, 0.15) is 0 Å². The molecule has 18 heavy (non-hydrogen) atoms. The van der Waals surface area contributed by atoms with Crippen LogP contribution in [0.3, 0.4) is 0 Å². The van der Waals surface area contributed by atoms with E-state index in [0.717, 1.165) is 31.1 Å². The Kier molecular flexibility index (Phi) is 3.48. The van der Waals surface area contributed by atoms with E-state index in [1.165, 1.54) is 19.4 Å². The first-order valence-electron chi connectivity index (χ1n) is 6.83. The van der Waals surface area contributed by atoms with E-state index in [1.807, 2.05) is 19.2 Å². The standard InChI is InChI=1S/C14H21N3O/c1-11-7-12(4-5-15-11)16-8-14-9-17-6-2-3-13(17)10-18-14/h4-5,7,13-14H,2-3,6,8-10H2,1H3,(H,15,16). The lowest BCUT2D eigenvalue weighted by molar-refractivity contribution is -0.0415. The number of aryl methyl sites for hydroxylation is 1. The van der Waals surface area contributed by atoms with Gasteiger partial charge in [0.2, 0.25) is 0 Å². The number of hydrogen-bond donors (Lipinski definition) is 1. The molecule has 2 aliphatic heterocycles. The number of rotatable bonds is 3. The summed E-state index contributed by atoms with van der Waals surface area (Å²) in [5, 5.41) is 3.44. The van der Waals surface area contributed by atoms with Gasteiger partial charge in [-0.3, -0.25) is 9.88 Å². The first-order chi connectivity index (χ1) is 8.81. The molecule has 2 aliphatic rings. The highest BCUT2D eigenvalue weighted by Gasteiger charge is 2.31. The Balaban J connectivity index is 1.51. The molecular formula is C14H21N3O. The van der Waals surface area contributed by atoms with Crippen molar-refractivity contribution in [2.24, 2.45) is 0 Å². The Morgan fingerprint density at radius 2 is 2.50 bits per heavy atom. The van der Waals surface area contributed by atoms with Gasteiger partial charge in [-0.15, -0.1) is 0 Å². The molecule has 1 aromatic rings. The van der Waals surface area contributed by atoms with Crippen molar-refractivity contribution in [3.05, 3.63) is 24.0 Å². The molecule has 2 atom stereocenters. The van der Waals surface area contributed by atoms with Gasteiger partial charge in [0.25, 0.3) is 0 Å². The molecule has 0 bridgehead atoms. The molecule has 2 fully saturated rings. The summed E-state index contributed by atoms with van der Waals surface area (Å²) in [5.74, 6) is 0. The van der Waals surface area contributed by atoms with E-state index in [1.54, 1.807) is 0 Å². The molecule has 0 aromatic carbocycles. The maximum atomic E-state index is 5.92. The molecule has 2 unspecified atom stereocenters. The molecule has 3 rings (SSSR count). The third-order valence-electron chi connectivity index (χ3n) is 3.89. The van der Waals surface area contributed by atoms with Crippen molar-refractivity contribution in [3.8, 4) is 0 Å². The Bertz CT molecular complexity index is 410. The highest BCUT2D eigenvalue weighted by Crippen LogP contribution is 2.22. The summed E-state index contributed by atoms with van der Waals surface area (Å²) in [6.45, 7) is 6.12. The molecule has 4 heteroatoms. The maximum Gasteiger partial charge on any atom is 0.0874 e. The van der Waals surface area contributed by atoms with Crippen molar-refractivity contribution >= 4 is 5.69 Å². The van der Waals surface area contributed by atoms with Crippen LogP contribution in [0.25, 0.3) is 0 Å². The van der Waals surface area contributed by atoms with Crippen LogP contribution in [0.15, 0.2) is 18.3 Å². The number of aromatic nitrogens is 1. The third kappa shape index (κ3) is 2.65. The van der Waals surface area contributed by atoms with Crippen molar-refractivity contribution in [2.75, 3.05) is 31.6 Å². The first-order valence-corrected chi connectivity index (χ1v) is 6.83. The fourth-order valence-electron chi connectivity index (χ4n) is 2.90. The van der Waals surface area contributed by atoms with Gasteiger partial charge in [0, 0.05) is 36.7 Å². The predicted molar refractivity (Wildman–Crippen MR) is 71.8 cm³/mol. The highest BCUT2D eigenvalue weighted by molar-refractivity contribution is 5.42. The molecule has 4 nitrogen and oxygen atoms in total. The van der Waals surface area contributed by atoms with Gasteiger partial charge in [-0.05, 0) is 38.4 Å². The van der Waals surface area contributed by atoms with Gasteiger partial charge in [-0.1, -0.05) is 0 Å². The average molecular weight is 247 g/mol. The number of fused-ring (bicyclic) bond motifs is 1. The number of nitrogens with one attached hydrogen (secondary N) is 1. The molecule has 98 valence electrons. The van der Waals surface area contributed by atoms with E-state index < -0.39 is 0 Å². The van der Waals surface area contributed by atoms with Gasteiger partial charge in [-0.2, -0.15) is 0 Å². The summed E-state index contributed by atoms with van der Waals surface area (Å²) < 4.78 is 5.92. The topological polar surface area (TPSA) is 37.4 Å². The molecule has 0 amide bonds. The minimum atomic E-state index is 0.313. The quantitative estimate of drug-likeness (QED) is 0.881. The van der Waals surface area contributed by atoms with Crippen LogP contribution in [-0.4, -0.2) is 48.3 Å². The normalized spacial score (nSPS) is 28.1. The summed E-state index contributed by atoms with van der Waals surface area (Å²) in [6, 6.07) is 4.76. The van der Waals surface area contributed by atoms with Crippen LogP contribution in [-0.2, 0) is 4.74 Å². The number of morpholine rings is 1. The number of anilines is 1. The molecule has 1 N–H and O–H groups in total. The van der Waals surface area contributed by atoms with Gasteiger partial charge < -0.3 is 10.1 Å². The molecule has 0 spiro atoms. The van der Waals surface area contributed by atoms with E-state index in [9.17, 15) is 0 Å². The van der Waals surface area contributed by atoms with Gasteiger partial charge >= 0.3 is 0 Å². The fourth-order valence-corrected chi connectivity index (χ4v) is 2.90. The highest BCUT2D eigenvalue weighted by atomic mass is 16.5. The van der Waals surface area contributed by atoms with Gasteiger partial charge in [-0.25, -0.2) is 0 Å². The Hall–Kier alpha value is -1.13. The van der Waals surface area contributed by atoms with Crippen LogP contribution in [0, 0.1) is 6.92 Å². The van der Waals surface area contributed by atoms with Gasteiger partial charge in [0.15, 0.2) is 0 Å². The van der Waals surface area contributed by atoms with Crippen molar-refractivity contribution in [1.29, 1.82) is 0 Å². The lowest BCUT2D eigenvalue weighted by Crippen LogP contribution is -2.48. The second-order valence-electron chi connectivity index (χ2n) is 5.31. The van der Waals surface area contributed by atoms with E-state index in [2.05, 4.69) is 21.3 Å². The predicted octanol–water partition coefficient (Wildman–Crippen LogP) is 1.67. The van der Waals surface area contributed by atoms with Crippen molar-refractivity contribution in [2.45, 2.75) is 31.9 Å². The van der Waals surface area contributed by atoms with E-state index >= 15 is 0 Å². The zero-order valence-electron chi connectivity index (χ0n) is 10.9. The Labute approximate surface area is 108 Å². The molecule has 0 aliphatic carbocycles.